The molecule has 8 nitrogen and oxygen atoms in total. The van der Waals surface area contributed by atoms with Crippen LogP contribution < -0.4 is 0 Å². The summed E-state index contributed by atoms with van der Waals surface area (Å²) in [4.78, 5) is 33.5. The molecule has 0 aliphatic heterocycles. The van der Waals surface area contributed by atoms with E-state index in [1.54, 1.807) is 0 Å². The Morgan fingerprint density at radius 2 is 1.28 bits per heavy atom. The van der Waals surface area contributed by atoms with Gasteiger partial charge in [0.2, 0.25) is 5.56 Å². The van der Waals surface area contributed by atoms with Gasteiger partial charge in [0.25, 0.3) is 11.4 Å². The van der Waals surface area contributed by atoms with Crippen LogP contribution in [0, 0.1) is 20.2 Å². The van der Waals surface area contributed by atoms with Gasteiger partial charge in [0, 0.05) is 18.1 Å². The Balaban J connectivity index is 1.67. The summed E-state index contributed by atoms with van der Waals surface area (Å²) in [6.07, 6.45) is 0. The number of carbonyl (C=O) groups is 1. The van der Waals surface area contributed by atoms with E-state index in [-0.39, 0.29) is 12.5 Å². The van der Waals surface area contributed by atoms with Crippen LogP contribution in [0.15, 0.2) is 66.7 Å². The zero-order valence-corrected chi connectivity index (χ0v) is 15.0. The summed E-state index contributed by atoms with van der Waals surface area (Å²) in [6.45, 7) is -0.0872. The highest BCUT2D eigenvalue weighted by atomic mass is 16.6. The van der Waals surface area contributed by atoms with E-state index in [9.17, 15) is 25.0 Å². The van der Waals surface area contributed by atoms with Crippen LogP contribution in [-0.2, 0) is 4.74 Å². The molecule has 0 amide bonds. The fourth-order valence-electron chi connectivity index (χ4n) is 3.71. The molecule has 0 saturated heterocycles. The highest BCUT2D eigenvalue weighted by molar-refractivity contribution is 5.98. The smallest absolute Gasteiger partial charge is 0.352 e. The molecule has 0 aromatic heterocycles. The third kappa shape index (κ3) is 3.10. The van der Waals surface area contributed by atoms with Crippen molar-refractivity contribution in [2.75, 3.05) is 6.61 Å². The molecule has 144 valence electrons. The maximum Gasteiger partial charge on any atom is 0.352 e. The van der Waals surface area contributed by atoms with E-state index in [4.69, 9.17) is 4.74 Å². The van der Waals surface area contributed by atoms with E-state index in [0.717, 1.165) is 40.5 Å². The van der Waals surface area contributed by atoms with Gasteiger partial charge in [-0.15, -0.1) is 0 Å². The SMILES string of the molecule is O=C(OCC1c2ccccc2-c2ccccc21)c1c([N+](=O)[O-])cccc1[N+](=O)[O-]. The number of hydrogen-bond acceptors (Lipinski definition) is 6. The first-order valence-electron chi connectivity index (χ1n) is 8.76. The molecular weight excluding hydrogens is 376 g/mol. The van der Waals surface area contributed by atoms with Crippen molar-refractivity contribution in [3.05, 3.63) is 104 Å². The summed E-state index contributed by atoms with van der Waals surface area (Å²) >= 11 is 0. The van der Waals surface area contributed by atoms with Crippen LogP contribution in [0.1, 0.15) is 27.4 Å². The lowest BCUT2D eigenvalue weighted by Crippen LogP contribution is -2.15. The molecule has 0 radical (unpaired) electrons. The van der Waals surface area contributed by atoms with E-state index in [0.29, 0.717) is 0 Å². The minimum absolute atomic E-state index is 0.0872. The van der Waals surface area contributed by atoms with E-state index >= 15 is 0 Å². The van der Waals surface area contributed by atoms with Crippen LogP contribution in [0.3, 0.4) is 0 Å². The molecule has 1 aliphatic carbocycles. The van der Waals surface area contributed by atoms with Crippen molar-refractivity contribution >= 4 is 17.3 Å². The second kappa shape index (κ2) is 7.16. The molecule has 4 rings (SSSR count). The molecule has 29 heavy (non-hydrogen) atoms. The molecule has 0 saturated carbocycles. The first-order valence-corrected chi connectivity index (χ1v) is 8.76. The van der Waals surface area contributed by atoms with E-state index < -0.39 is 32.8 Å². The zero-order chi connectivity index (χ0) is 20.5. The molecule has 3 aromatic carbocycles. The largest absolute Gasteiger partial charge is 0.461 e. The lowest BCUT2D eigenvalue weighted by Gasteiger charge is -2.14. The third-order valence-corrected chi connectivity index (χ3v) is 4.96. The van der Waals surface area contributed by atoms with Gasteiger partial charge in [-0.05, 0) is 28.3 Å². The number of nitro benzene ring substituents is 2. The molecule has 0 spiro atoms. The minimum atomic E-state index is -1.09. The van der Waals surface area contributed by atoms with Gasteiger partial charge < -0.3 is 4.74 Å². The molecule has 0 bridgehead atoms. The third-order valence-electron chi connectivity index (χ3n) is 4.96. The van der Waals surface area contributed by atoms with Crippen LogP contribution in [0.25, 0.3) is 11.1 Å². The van der Waals surface area contributed by atoms with E-state index in [1.807, 2.05) is 48.5 Å². The molecule has 1 aliphatic rings. The Kier molecular flexibility index (Phi) is 4.52. The van der Waals surface area contributed by atoms with E-state index in [1.165, 1.54) is 0 Å². The Hall–Kier alpha value is -4.07. The summed E-state index contributed by atoms with van der Waals surface area (Å²) in [5.41, 5.74) is 2.04. The van der Waals surface area contributed by atoms with Crippen molar-refractivity contribution in [1.82, 2.24) is 0 Å². The van der Waals surface area contributed by atoms with Crippen LogP contribution in [0.2, 0.25) is 0 Å². The highest BCUT2D eigenvalue weighted by Gasteiger charge is 2.34. The van der Waals surface area contributed by atoms with Crippen LogP contribution in [-0.4, -0.2) is 22.4 Å². The molecule has 0 N–H and O–H groups in total. The van der Waals surface area contributed by atoms with Crippen LogP contribution >= 0.6 is 0 Å². The molecule has 8 heteroatoms. The monoisotopic (exact) mass is 390 g/mol. The van der Waals surface area contributed by atoms with Crippen molar-refractivity contribution in [2.45, 2.75) is 5.92 Å². The van der Waals surface area contributed by atoms with Crippen LogP contribution in [0.4, 0.5) is 11.4 Å². The number of esters is 1. The summed E-state index contributed by atoms with van der Waals surface area (Å²) in [7, 11) is 0. The standard InChI is InChI=1S/C21H14N2O6/c24-21(20-18(22(25)26)10-5-11-19(20)23(27)28)29-12-17-15-8-3-1-6-13(15)14-7-2-4-9-16(14)17/h1-11,17H,12H2. The molecular formula is C21H14N2O6. The minimum Gasteiger partial charge on any atom is -0.461 e. The molecule has 0 unspecified atom stereocenters. The number of fused-ring (bicyclic) bond motifs is 3. The fraction of sp³-hybridized carbons (Fsp3) is 0.0952. The predicted octanol–water partition coefficient (Wildman–Crippen LogP) is 4.47. The Labute approximate surface area is 164 Å². The van der Waals surface area contributed by atoms with Crippen molar-refractivity contribution in [2.24, 2.45) is 0 Å². The van der Waals surface area contributed by atoms with Crippen molar-refractivity contribution in [3.8, 4) is 11.1 Å². The van der Waals surface area contributed by atoms with Gasteiger partial charge in [-0.3, -0.25) is 20.2 Å². The normalized spacial score (nSPS) is 12.1. The van der Waals surface area contributed by atoms with Gasteiger partial charge in [-0.2, -0.15) is 0 Å². The molecule has 0 atom stereocenters. The highest BCUT2D eigenvalue weighted by Crippen LogP contribution is 2.44. The lowest BCUT2D eigenvalue weighted by molar-refractivity contribution is -0.394. The zero-order valence-electron chi connectivity index (χ0n) is 15.0. The van der Waals surface area contributed by atoms with Crippen molar-refractivity contribution < 1.29 is 19.4 Å². The summed E-state index contributed by atoms with van der Waals surface area (Å²) in [6, 6.07) is 18.7. The molecule has 0 heterocycles. The fourth-order valence-corrected chi connectivity index (χ4v) is 3.71. The van der Waals surface area contributed by atoms with Crippen molar-refractivity contribution in [3.63, 3.8) is 0 Å². The number of benzene rings is 3. The van der Waals surface area contributed by atoms with Gasteiger partial charge in [0.15, 0.2) is 0 Å². The Morgan fingerprint density at radius 3 is 1.76 bits per heavy atom. The Morgan fingerprint density at radius 1 is 0.793 bits per heavy atom. The summed E-state index contributed by atoms with van der Waals surface area (Å²) in [5, 5.41) is 22.5. The first-order chi connectivity index (χ1) is 14.0. The predicted molar refractivity (Wildman–Crippen MR) is 104 cm³/mol. The quantitative estimate of drug-likeness (QED) is 0.361. The second-order valence-electron chi connectivity index (χ2n) is 6.51. The topological polar surface area (TPSA) is 113 Å². The number of rotatable bonds is 5. The van der Waals surface area contributed by atoms with Crippen molar-refractivity contribution in [1.29, 1.82) is 0 Å². The van der Waals surface area contributed by atoms with Gasteiger partial charge in [0.05, 0.1) is 9.85 Å². The lowest BCUT2D eigenvalue weighted by atomic mass is 9.98. The number of hydrogen-bond donors (Lipinski definition) is 0. The van der Waals surface area contributed by atoms with Gasteiger partial charge in [0.1, 0.15) is 6.61 Å². The average molecular weight is 390 g/mol. The van der Waals surface area contributed by atoms with Gasteiger partial charge >= 0.3 is 5.97 Å². The summed E-state index contributed by atoms with van der Waals surface area (Å²) in [5.74, 6) is -1.35. The molecule has 3 aromatic rings. The first kappa shape index (κ1) is 18.3. The summed E-state index contributed by atoms with van der Waals surface area (Å²) < 4.78 is 5.36. The number of carbonyl (C=O) groups excluding carboxylic acids is 1. The second-order valence-corrected chi connectivity index (χ2v) is 6.51. The van der Waals surface area contributed by atoms with Gasteiger partial charge in [-0.1, -0.05) is 48.5 Å². The number of nitrogens with zero attached hydrogens (tertiary/aromatic N) is 2. The number of ether oxygens (including phenoxy) is 1. The number of nitro groups is 2. The average Bonchev–Trinajstić information content (AvgIpc) is 3.05. The van der Waals surface area contributed by atoms with Gasteiger partial charge in [-0.25, -0.2) is 4.79 Å². The maximum absolute atomic E-state index is 12.6. The maximum atomic E-state index is 12.6. The molecule has 0 fully saturated rings. The Bertz CT molecular complexity index is 1080. The van der Waals surface area contributed by atoms with Crippen LogP contribution in [0.5, 0.6) is 0 Å². The van der Waals surface area contributed by atoms with E-state index in [2.05, 4.69) is 0 Å².